The zero-order valence-corrected chi connectivity index (χ0v) is 18.7. The Morgan fingerprint density at radius 1 is 1.03 bits per heavy atom. The monoisotopic (exact) mass is 486 g/mol. The molecule has 0 bridgehead atoms. The van der Waals surface area contributed by atoms with E-state index in [1.54, 1.807) is 4.68 Å². The van der Waals surface area contributed by atoms with Crippen molar-refractivity contribution in [3.05, 3.63) is 81.9 Å². The zero-order valence-electron chi connectivity index (χ0n) is 17.9. The van der Waals surface area contributed by atoms with Gasteiger partial charge in [-0.15, -0.1) is 5.10 Å². The first kappa shape index (κ1) is 22.3. The summed E-state index contributed by atoms with van der Waals surface area (Å²) in [6.07, 6.45) is 0.761. The number of nitrogens with one attached hydrogen (secondary N) is 1. The molecule has 0 unspecified atom stereocenters. The van der Waals surface area contributed by atoms with Crippen molar-refractivity contribution in [1.29, 1.82) is 0 Å². The number of H-pyrrole nitrogens is 1. The van der Waals surface area contributed by atoms with Crippen LogP contribution in [0.1, 0.15) is 30.1 Å². The van der Waals surface area contributed by atoms with Crippen molar-refractivity contribution in [3.8, 4) is 0 Å². The van der Waals surface area contributed by atoms with Crippen LogP contribution in [0.5, 0.6) is 0 Å². The molecule has 0 amide bonds. The van der Waals surface area contributed by atoms with E-state index >= 15 is 0 Å². The Kier molecular flexibility index (Phi) is 5.70. The molecular weight excluding hydrogens is 466 g/mol. The SMILES string of the molecule is O=c1[nH]c(C2CCN(S(=O)(=O)c3cc(F)cc(F)c3)CC2)nc2c1nnn2Cc1ccccc1. The van der Waals surface area contributed by atoms with E-state index in [1.165, 1.54) is 4.31 Å². The molecule has 176 valence electrons. The third-order valence-electron chi connectivity index (χ3n) is 5.88. The maximum absolute atomic E-state index is 13.5. The van der Waals surface area contributed by atoms with Gasteiger partial charge >= 0.3 is 0 Å². The summed E-state index contributed by atoms with van der Waals surface area (Å²) in [5.41, 5.74) is 1.05. The lowest BCUT2D eigenvalue weighted by atomic mass is 9.97. The summed E-state index contributed by atoms with van der Waals surface area (Å²) in [5.74, 6) is -1.68. The first-order chi connectivity index (χ1) is 16.3. The van der Waals surface area contributed by atoms with E-state index < -0.39 is 32.1 Å². The van der Waals surface area contributed by atoms with E-state index in [9.17, 15) is 22.0 Å². The summed E-state index contributed by atoms with van der Waals surface area (Å²) < 4.78 is 55.5. The highest BCUT2D eigenvalue weighted by molar-refractivity contribution is 7.89. The third kappa shape index (κ3) is 4.21. The number of hydrogen-bond acceptors (Lipinski definition) is 6. The highest BCUT2D eigenvalue weighted by atomic mass is 32.2. The van der Waals surface area contributed by atoms with Crippen LogP contribution in [-0.2, 0) is 16.6 Å². The number of fused-ring (bicyclic) bond motifs is 1. The maximum atomic E-state index is 13.5. The molecule has 3 heterocycles. The van der Waals surface area contributed by atoms with Gasteiger partial charge in [0.15, 0.2) is 11.2 Å². The Morgan fingerprint density at radius 3 is 2.38 bits per heavy atom. The Bertz CT molecular complexity index is 1490. The van der Waals surface area contributed by atoms with Gasteiger partial charge in [-0.25, -0.2) is 26.9 Å². The normalized spacial score (nSPS) is 15.7. The average molecular weight is 487 g/mol. The number of benzene rings is 2. The van der Waals surface area contributed by atoms with Crippen LogP contribution < -0.4 is 5.56 Å². The Labute approximate surface area is 193 Å². The molecule has 0 saturated carbocycles. The minimum atomic E-state index is -4.05. The van der Waals surface area contributed by atoms with Gasteiger partial charge in [-0.2, -0.15) is 4.31 Å². The second-order valence-corrected chi connectivity index (χ2v) is 10.1. The fourth-order valence-corrected chi connectivity index (χ4v) is 5.65. The van der Waals surface area contributed by atoms with E-state index in [0.717, 1.165) is 17.7 Å². The Morgan fingerprint density at radius 2 is 1.71 bits per heavy atom. The molecule has 1 aliphatic rings. The summed E-state index contributed by atoms with van der Waals surface area (Å²) in [4.78, 5) is 19.5. The molecular formula is C22H20F2N6O3S. The van der Waals surface area contributed by atoms with Crippen molar-refractivity contribution in [3.63, 3.8) is 0 Å². The molecule has 1 N–H and O–H groups in total. The molecule has 2 aromatic heterocycles. The first-order valence-electron chi connectivity index (χ1n) is 10.6. The van der Waals surface area contributed by atoms with Crippen LogP contribution in [0, 0.1) is 11.6 Å². The van der Waals surface area contributed by atoms with Gasteiger partial charge in [-0.3, -0.25) is 4.79 Å². The van der Waals surface area contributed by atoms with Crippen LogP contribution in [0.2, 0.25) is 0 Å². The van der Waals surface area contributed by atoms with Crippen molar-refractivity contribution in [2.75, 3.05) is 13.1 Å². The van der Waals surface area contributed by atoms with Crippen molar-refractivity contribution in [2.45, 2.75) is 30.2 Å². The van der Waals surface area contributed by atoms with Gasteiger partial charge in [-0.05, 0) is 30.5 Å². The van der Waals surface area contributed by atoms with Crippen LogP contribution in [0.3, 0.4) is 0 Å². The smallest absolute Gasteiger partial charge is 0.281 e. The van der Waals surface area contributed by atoms with Crippen LogP contribution >= 0.6 is 0 Å². The highest BCUT2D eigenvalue weighted by Crippen LogP contribution is 2.29. The maximum Gasteiger partial charge on any atom is 0.281 e. The topological polar surface area (TPSA) is 114 Å². The number of rotatable bonds is 5. The summed E-state index contributed by atoms with van der Waals surface area (Å²) in [7, 11) is -4.05. The number of halogens is 2. The van der Waals surface area contributed by atoms with E-state index in [-0.39, 0.29) is 24.5 Å². The van der Waals surface area contributed by atoms with Crippen LogP contribution in [0.25, 0.3) is 11.2 Å². The standard InChI is InChI=1S/C22H20F2N6O3S/c23-16-10-17(24)12-18(11-16)34(32,33)29-8-6-15(7-9-29)20-25-21-19(22(31)26-20)27-28-30(21)13-14-4-2-1-3-5-14/h1-5,10-12,15H,6-9,13H2,(H,25,26,31). The van der Waals surface area contributed by atoms with E-state index in [0.29, 0.717) is 36.9 Å². The summed E-state index contributed by atoms with van der Waals surface area (Å²) in [6, 6.07) is 11.8. The fraction of sp³-hybridized carbons (Fsp3) is 0.273. The molecule has 0 radical (unpaired) electrons. The lowest BCUT2D eigenvalue weighted by molar-refractivity contribution is 0.313. The molecule has 1 aliphatic heterocycles. The summed E-state index contributed by atoms with van der Waals surface area (Å²) in [5, 5.41) is 8.02. The van der Waals surface area contributed by atoms with E-state index in [4.69, 9.17) is 0 Å². The third-order valence-corrected chi connectivity index (χ3v) is 7.76. The minimum absolute atomic E-state index is 0.119. The summed E-state index contributed by atoms with van der Waals surface area (Å²) in [6.45, 7) is 0.636. The van der Waals surface area contributed by atoms with Gasteiger partial charge in [0.1, 0.15) is 17.5 Å². The number of nitrogens with zero attached hydrogens (tertiary/aromatic N) is 5. The number of aromatic nitrogens is 5. The predicted molar refractivity (Wildman–Crippen MR) is 119 cm³/mol. The van der Waals surface area contributed by atoms with Crippen LogP contribution in [-0.4, -0.2) is 50.8 Å². The Hall–Kier alpha value is -3.51. The number of aromatic amines is 1. The molecule has 0 spiro atoms. The van der Waals surface area contributed by atoms with Gasteiger partial charge in [0, 0.05) is 25.1 Å². The Balaban J connectivity index is 1.37. The van der Waals surface area contributed by atoms with Crippen molar-refractivity contribution in [1.82, 2.24) is 29.3 Å². The van der Waals surface area contributed by atoms with Crippen molar-refractivity contribution >= 4 is 21.2 Å². The summed E-state index contributed by atoms with van der Waals surface area (Å²) >= 11 is 0. The van der Waals surface area contributed by atoms with Gasteiger partial charge in [0.05, 0.1) is 11.4 Å². The zero-order chi connectivity index (χ0) is 23.9. The molecule has 2 aromatic carbocycles. The van der Waals surface area contributed by atoms with Gasteiger partial charge in [0.25, 0.3) is 5.56 Å². The molecule has 1 fully saturated rings. The quantitative estimate of drug-likeness (QED) is 0.464. The lowest BCUT2D eigenvalue weighted by Crippen LogP contribution is -2.38. The van der Waals surface area contributed by atoms with Gasteiger partial charge in [-0.1, -0.05) is 35.5 Å². The number of sulfonamides is 1. The first-order valence-corrected chi connectivity index (χ1v) is 12.1. The van der Waals surface area contributed by atoms with Crippen molar-refractivity contribution < 1.29 is 17.2 Å². The van der Waals surface area contributed by atoms with Gasteiger partial charge in [0.2, 0.25) is 10.0 Å². The van der Waals surface area contributed by atoms with E-state index in [2.05, 4.69) is 20.3 Å². The molecule has 4 aromatic rings. The van der Waals surface area contributed by atoms with Crippen molar-refractivity contribution in [2.24, 2.45) is 0 Å². The molecule has 34 heavy (non-hydrogen) atoms. The fourth-order valence-electron chi connectivity index (χ4n) is 4.14. The largest absolute Gasteiger partial charge is 0.308 e. The number of piperidine rings is 1. The molecule has 0 atom stereocenters. The molecule has 9 nitrogen and oxygen atoms in total. The van der Waals surface area contributed by atoms with Crippen LogP contribution in [0.15, 0.2) is 58.2 Å². The van der Waals surface area contributed by atoms with Crippen LogP contribution in [0.4, 0.5) is 8.78 Å². The number of hydrogen-bond donors (Lipinski definition) is 1. The average Bonchev–Trinajstić information content (AvgIpc) is 3.22. The molecule has 5 rings (SSSR count). The predicted octanol–water partition coefficient (Wildman–Crippen LogP) is 2.41. The highest BCUT2D eigenvalue weighted by Gasteiger charge is 2.32. The van der Waals surface area contributed by atoms with E-state index in [1.807, 2.05) is 30.3 Å². The van der Waals surface area contributed by atoms with Gasteiger partial charge < -0.3 is 4.98 Å². The molecule has 0 aliphatic carbocycles. The lowest BCUT2D eigenvalue weighted by Gasteiger charge is -2.30. The molecule has 1 saturated heterocycles. The minimum Gasteiger partial charge on any atom is -0.308 e. The molecule has 12 heteroatoms. The second-order valence-electron chi connectivity index (χ2n) is 8.14. The second kappa shape index (κ2) is 8.69.